The molecule has 1 saturated heterocycles. The molecule has 4 aliphatic rings. The molecule has 0 radical (unpaired) electrons. The molecule has 3 heterocycles. The summed E-state index contributed by atoms with van der Waals surface area (Å²) in [6.07, 6.45) is 4.33. The minimum atomic E-state index is -2.13. The van der Waals surface area contributed by atoms with Crippen molar-refractivity contribution in [3.8, 4) is 16.9 Å². The first-order chi connectivity index (χ1) is 19.1. The lowest BCUT2D eigenvalue weighted by atomic mass is 9.47. The van der Waals surface area contributed by atoms with Crippen molar-refractivity contribution in [3.63, 3.8) is 0 Å². The van der Waals surface area contributed by atoms with Crippen LogP contribution in [0, 0.1) is 12.3 Å². The van der Waals surface area contributed by atoms with Crippen molar-refractivity contribution in [2.75, 3.05) is 39.3 Å². The molecule has 2 aromatic rings. The smallest absolute Gasteiger partial charge is 0.344 e. The highest BCUT2D eigenvalue weighted by atomic mass is 16.6. The van der Waals surface area contributed by atoms with E-state index in [-0.39, 0.29) is 6.04 Å². The number of carbonyl (C=O) groups excluding carboxylic acids is 2. The highest BCUT2D eigenvalue weighted by Gasteiger charge is 2.80. The van der Waals surface area contributed by atoms with Gasteiger partial charge in [0.15, 0.2) is 6.10 Å². The molecule has 2 aromatic carbocycles. The van der Waals surface area contributed by atoms with Gasteiger partial charge < -0.3 is 24.2 Å². The number of fused-ring (bicyclic) bond motifs is 1. The van der Waals surface area contributed by atoms with Crippen LogP contribution in [0.1, 0.15) is 37.8 Å². The number of esters is 2. The van der Waals surface area contributed by atoms with E-state index in [4.69, 9.17) is 14.2 Å². The van der Waals surface area contributed by atoms with E-state index in [2.05, 4.69) is 54.3 Å². The Morgan fingerprint density at radius 2 is 1.85 bits per heavy atom. The van der Waals surface area contributed by atoms with Gasteiger partial charge in [0, 0.05) is 54.7 Å². The highest BCUT2D eigenvalue weighted by molar-refractivity contribution is 5.88. The summed E-state index contributed by atoms with van der Waals surface area (Å²) in [5, 5.41) is 12.8. The highest BCUT2D eigenvalue weighted by Crippen LogP contribution is 2.67. The number of hydrogen-bond acceptors (Lipinski definition) is 8. The lowest BCUT2D eigenvalue weighted by Crippen LogP contribution is -2.81. The number of carbonyl (C=O) groups is 2. The predicted molar refractivity (Wildman–Crippen MR) is 151 cm³/mol. The number of likely N-dealkylation sites (N-methyl/N-ethyl adjacent to an activating group) is 1. The van der Waals surface area contributed by atoms with Gasteiger partial charge in [0.05, 0.1) is 20.3 Å². The van der Waals surface area contributed by atoms with Crippen LogP contribution < -0.4 is 9.64 Å². The fraction of sp³-hybridized carbons (Fsp3) is 0.500. The zero-order valence-corrected chi connectivity index (χ0v) is 24.1. The molecule has 1 N–H and O–H groups in total. The van der Waals surface area contributed by atoms with Crippen molar-refractivity contribution in [2.24, 2.45) is 5.41 Å². The standard InChI is InChI=1S/C32H38N2O6/c1-7-30-13-8-15-34-16-14-31(26(30)34)23-17-22(21-11-9-19(2)10-12-21)25(38-5)18-24(23)33(4)27(31)32(37,29(36)39-6)28(30)40-20(3)35/h8-13,17-18,26-28,37H,7,14-16H2,1-6H3/t26-,27+,28+,30+,31+,32-/m0/s1. The Labute approximate surface area is 235 Å². The van der Waals surface area contributed by atoms with Crippen molar-refractivity contribution in [3.05, 3.63) is 59.7 Å². The van der Waals surface area contributed by atoms with Crippen molar-refractivity contribution >= 4 is 17.6 Å². The number of rotatable bonds is 5. The molecular weight excluding hydrogens is 508 g/mol. The predicted octanol–water partition coefficient (Wildman–Crippen LogP) is 3.62. The second-order valence-electron chi connectivity index (χ2n) is 11.8. The summed E-state index contributed by atoms with van der Waals surface area (Å²) in [6.45, 7) is 6.97. The van der Waals surface area contributed by atoms with Crippen LogP contribution in [0.3, 0.4) is 0 Å². The van der Waals surface area contributed by atoms with Crippen LogP contribution in [0.15, 0.2) is 48.6 Å². The van der Waals surface area contributed by atoms with Crippen molar-refractivity contribution in [1.29, 1.82) is 0 Å². The number of anilines is 1. The fourth-order valence-electron chi connectivity index (χ4n) is 8.71. The lowest BCUT2D eigenvalue weighted by Gasteiger charge is -2.63. The molecule has 0 amide bonds. The van der Waals surface area contributed by atoms with Crippen LogP contribution in [0.2, 0.25) is 0 Å². The molecule has 2 fully saturated rings. The quantitative estimate of drug-likeness (QED) is 0.450. The maximum absolute atomic E-state index is 13.8. The summed E-state index contributed by atoms with van der Waals surface area (Å²) in [4.78, 5) is 30.8. The lowest BCUT2D eigenvalue weighted by molar-refractivity contribution is -0.228. The molecule has 1 spiro atoms. The molecule has 8 nitrogen and oxygen atoms in total. The third kappa shape index (κ3) is 3.20. The molecular formula is C32H38N2O6. The zero-order valence-electron chi connectivity index (χ0n) is 24.1. The normalized spacial score (nSPS) is 33.7. The van der Waals surface area contributed by atoms with Gasteiger partial charge in [-0.2, -0.15) is 0 Å². The molecule has 212 valence electrons. The summed E-state index contributed by atoms with van der Waals surface area (Å²) in [5.74, 6) is -0.627. The number of nitrogens with zero attached hydrogens (tertiary/aromatic N) is 2. The van der Waals surface area contributed by atoms with Gasteiger partial charge in [0.1, 0.15) is 5.75 Å². The van der Waals surface area contributed by atoms with E-state index in [1.54, 1.807) is 7.11 Å². The molecule has 0 bridgehead atoms. The summed E-state index contributed by atoms with van der Waals surface area (Å²) in [5.41, 5.74) is 1.54. The van der Waals surface area contributed by atoms with Crippen molar-refractivity contribution in [1.82, 2.24) is 4.90 Å². The summed E-state index contributed by atoms with van der Waals surface area (Å²) in [6, 6.07) is 11.7. The third-order valence-electron chi connectivity index (χ3n) is 10.1. The molecule has 0 aromatic heterocycles. The van der Waals surface area contributed by atoms with E-state index < -0.39 is 40.5 Å². The topological polar surface area (TPSA) is 88.5 Å². The minimum Gasteiger partial charge on any atom is -0.496 e. The average Bonchev–Trinajstić information content (AvgIpc) is 3.46. The van der Waals surface area contributed by atoms with Gasteiger partial charge in [0.2, 0.25) is 5.60 Å². The summed E-state index contributed by atoms with van der Waals surface area (Å²) < 4.78 is 17.2. The Morgan fingerprint density at radius 1 is 1.12 bits per heavy atom. The fourth-order valence-corrected chi connectivity index (χ4v) is 8.71. The monoisotopic (exact) mass is 546 g/mol. The number of aliphatic hydroxyl groups is 1. The molecule has 0 unspecified atom stereocenters. The minimum absolute atomic E-state index is 0.114. The van der Waals surface area contributed by atoms with Crippen LogP contribution in [-0.2, 0) is 24.5 Å². The maximum Gasteiger partial charge on any atom is 0.344 e. The van der Waals surface area contributed by atoms with Gasteiger partial charge in [-0.1, -0.05) is 48.9 Å². The van der Waals surface area contributed by atoms with Crippen molar-refractivity contribution in [2.45, 2.75) is 62.8 Å². The molecule has 6 atom stereocenters. The second kappa shape index (κ2) is 9.08. The van der Waals surface area contributed by atoms with Gasteiger partial charge >= 0.3 is 11.9 Å². The van der Waals surface area contributed by atoms with Gasteiger partial charge in [-0.15, -0.1) is 0 Å². The van der Waals surface area contributed by atoms with Crippen LogP contribution >= 0.6 is 0 Å². The SMILES string of the molecule is CC[C@]12C=CCN3CC[C@@]4(c5cc(-c6ccc(C)cc6)c(OC)cc5N(C)[C@H]4[C@@](O)(C(=O)OC)[C@@H]1OC(C)=O)[C@@H]32. The van der Waals surface area contributed by atoms with Crippen LogP contribution in [0.5, 0.6) is 5.75 Å². The van der Waals surface area contributed by atoms with Crippen LogP contribution in [-0.4, -0.2) is 80.1 Å². The van der Waals surface area contributed by atoms with Gasteiger partial charge in [-0.05, 0) is 43.5 Å². The Balaban J connectivity index is 1.68. The molecule has 40 heavy (non-hydrogen) atoms. The maximum atomic E-state index is 13.8. The van der Waals surface area contributed by atoms with Gasteiger partial charge in [-0.25, -0.2) is 4.79 Å². The third-order valence-corrected chi connectivity index (χ3v) is 10.1. The van der Waals surface area contributed by atoms with E-state index in [1.165, 1.54) is 19.6 Å². The van der Waals surface area contributed by atoms with E-state index >= 15 is 0 Å². The van der Waals surface area contributed by atoms with E-state index in [0.717, 1.165) is 41.9 Å². The van der Waals surface area contributed by atoms with Crippen LogP contribution in [0.4, 0.5) is 5.69 Å². The first-order valence-corrected chi connectivity index (χ1v) is 14.0. The summed E-state index contributed by atoms with van der Waals surface area (Å²) in [7, 11) is 4.84. The molecule has 1 saturated carbocycles. The van der Waals surface area contributed by atoms with Crippen LogP contribution in [0.25, 0.3) is 11.1 Å². The molecule has 6 rings (SSSR count). The first kappa shape index (κ1) is 26.8. The van der Waals surface area contributed by atoms with E-state index in [9.17, 15) is 14.7 Å². The van der Waals surface area contributed by atoms with E-state index in [1.807, 2.05) is 24.9 Å². The molecule has 3 aliphatic heterocycles. The number of benzene rings is 2. The van der Waals surface area contributed by atoms with Gasteiger partial charge in [-0.3, -0.25) is 9.69 Å². The number of methoxy groups -OCH3 is 2. The Hall–Kier alpha value is -3.36. The Kier molecular flexibility index (Phi) is 6.09. The second-order valence-corrected chi connectivity index (χ2v) is 11.8. The summed E-state index contributed by atoms with van der Waals surface area (Å²) >= 11 is 0. The van der Waals surface area contributed by atoms with Crippen molar-refractivity contribution < 1.29 is 28.9 Å². The number of hydrogen-bond donors (Lipinski definition) is 1. The largest absolute Gasteiger partial charge is 0.496 e. The zero-order chi connectivity index (χ0) is 28.6. The van der Waals surface area contributed by atoms with Gasteiger partial charge in [0.25, 0.3) is 0 Å². The first-order valence-electron chi connectivity index (χ1n) is 14.0. The number of aryl methyl sites for hydroxylation is 1. The van der Waals surface area contributed by atoms with E-state index in [0.29, 0.717) is 12.2 Å². The Morgan fingerprint density at radius 3 is 2.48 bits per heavy atom. The Bertz CT molecular complexity index is 1400. The molecule has 8 heteroatoms. The average molecular weight is 547 g/mol. The molecule has 1 aliphatic carbocycles. The number of ether oxygens (including phenoxy) is 3.